The van der Waals surface area contributed by atoms with Crippen LogP contribution in [0.4, 0.5) is 5.69 Å². The molecule has 0 spiro atoms. The molecule has 1 atom stereocenters. The molecule has 27 heavy (non-hydrogen) atoms. The number of carbonyl (C=O) groups excluding carboxylic acids is 1. The van der Waals surface area contributed by atoms with Gasteiger partial charge in [0.2, 0.25) is 10.0 Å². The van der Waals surface area contributed by atoms with Gasteiger partial charge in [-0.1, -0.05) is 44.2 Å². The minimum atomic E-state index is -3.32. The Kier molecular flexibility index (Phi) is 7.02. The lowest BCUT2D eigenvalue weighted by Gasteiger charge is -2.22. The molecule has 0 radical (unpaired) electrons. The first-order valence-corrected chi connectivity index (χ1v) is 10.8. The molecule has 1 amide bonds. The number of hydrogen-bond donors (Lipinski definition) is 1. The normalized spacial score (nSPS) is 12.6. The number of nitrogens with zero attached hydrogens (tertiary/aromatic N) is 1. The van der Waals surface area contributed by atoms with Gasteiger partial charge in [0.15, 0.2) is 0 Å². The monoisotopic (exact) mass is 388 g/mol. The Morgan fingerprint density at radius 3 is 2.15 bits per heavy atom. The SMILES string of the molecule is CCS(=O)(=O)N(C)c1ccc(C(=O)N[C@H](CC(C)C)c2ccccc2)cc1. The van der Waals surface area contributed by atoms with Gasteiger partial charge in [-0.3, -0.25) is 9.10 Å². The van der Waals surface area contributed by atoms with Crippen molar-refractivity contribution in [3.05, 3.63) is 65.7 Å². The zero-order valence-electron chi connectivity index (χ0n) is 16.3. The van der Waals surface area contributed by atoms with Gasteiger partial charge in [-0.15, -0.1) is 0 Å². The van der Waals surface area contributed by atoms with E-state index in [0.29, 0.717) is 17.2 Å². The summed E-state index contributed by atoms with van der Waals surface area (Å²) in [5.41, 5.74) is 2.12. The highest BCUT2D eigenvalue weighted by molar-refractivity contribution is 7.92. The second-order valence-electron chi connectivity index (χ2n) is 6.98. The van der Waals surface area contributed by atoms with Crippen molar-refractivity contribution in [2.45, 2.75) is 33.2 Å². The van der Waals surface area contributed by atoms with Crippen molar-refractivity contribution < 1.29 is 13.2 Å². The van der Waals surface area contributed by atoms with E-state index in [2.05, 4.69) is 19.2 Å². The van der Waals surface area contributed by atoms with Gasteiger partial charge in [0.1, 0.15) is 0 Å². The number of amides is 1. The molecule has 5 nitrogen and oxygen atoms in total. The molecule has 2 aromatic rings. The molecule has 6 heteroatoms. The van der Waals surface area contributed by atoms with E-state index in [1.807, 2.05) is 30.3 Å². The Morgan fingerprint density at radius 2 is 1.63 bits per heavy atom. The summed E-state index contributed by atoms with van der Waals surface area (Å²) in [6, 6.07) is 16.5. The van der Waals surface area contributed by atoms with Crippen molar-refractivity contribution >= 4 is 21.6 Å². The predicted molar refractivity (Wildman–Crippen MR) is 110 cm³/mol. The molecule has 0 saturated carbocycles. The smallest absolute Gasteiger partial charge is 0.251 e. The number of rotatable bonds is 8. The van der Waals surface area contributed by atoms with Crippen molar-refractivity contribution in [1.82, 2.24) is 5.32 Å². The zero-order chi connectivity index (χ0) is 20.0. The lowest BCUT2D eigenvalue weighted by molar-refractivity contribution is 0.0932. The van der Waals surface area contributed by atoms with Crippen molar-refractivity contribution in [1.29, 1.82) is 0 Å². The van der Waals surface area contributed by atoms with Crippen LogP contribution in [-0.2, 0) is 10.0 Å². The highest BCUT2D eigenvalue weighted by Gasteiger charge is 2.19. The van der Waals surface area contributed by atoms with Crippen molar-refractivity contribution in [2.24, 2.45) is 5.92 Å². The lowest BCUT2D eigenvalue weighted by atomic mass is 9.96. The number of hydrogen-bond acceptors (Lipinski definition) is 3. The summed E-state index contributed by atoms with van der Waals surface area (Å²) in [5.74, 6) is 0.294. The summed E-state index contributed by atoms with van der Waals surface area (Å²) < 4.78 is 25.2. The zero-order valence-corrected chi connectivity index (χ0v) is 17.2. The van der Waals surface area contributed by atoms with Crippen LogP contribution < -0.4 is 9.62 Å². The predicted octanol–water partition coefficient (Wildman–Crippen LogP) is 3.99. The molecule has 2 rings (SSSR count). The van der Waals surface area contributed by atoms with Gasteiger partial charge < -0.3 is 5.32 Å². The summed E-state index contributed by atoms with van der Waals surface area (Å²) in [6.07, 6.45) is 0.839. The molecule has 2 aromatic carbocycles. The van der Waals surface area contributed by atoms with Crippen LogP contribution in [0.5, 0.6) is 0 Å². The maximum Gasteiger partial charge on any atom is 0.251 e. The third-order valence-electron chi connectivity index (χ3n) is 4.49. The molecule has 0 bridgehead atoms. The number of carbonyl (C=O) groups is 1. The van der Waals surface area contributed by atoms with Gasteiger partial charge in [0.05, 0.1) is 17.5 Å². The third kappa shape index (κ3) is 5.57. The Bertz CT molecular complexity index is 847. The summed E-state index contributed by atoms with van der Waals surface area (Å²) in [5, 5.41) is 3.10. The van der Waals surface area contributed by atoms with E-state index in [4.69, 9.17) is 0 Å². The van der Waals surface area contributed by atoms with Crippen LogP contribution >= 0.6 is 0 Å². The van der Waals surface area contributed by atoms with Crippen molar-refractivity contribution in [3.8, 4) is 0 Å². The van der Waals surface area contributed by atoms with Crippen LogP contribution in [0.1, 0.15) is 49.2 Å². The quantitative estimate of drug-likeness (QED) is 0.743. The first-order chi connectivity index (χ1) is 12.7. The number of nitrogens with one attached hydrogen (secondary N) is 1. The standard InChI is InChI=1S/C21H28N2O3S/c1-5-27(25,26)23(4)19-13-11-18(12-14-19)21(24)22-20(15-16(2)3)17-9-7-6-8-10-17/h6-14,16,20H,5,15H2,1-4H3,(H,22,24)/t20-/m1/s1. The topological polar surface area (TPSA) is 66.5 Å². The van der Waals surface area contributed by atoms with E-state index >= 15 is 0 Å². The largest absolute Gasteiger partial charge is 0.345 e. The van der Waals surface area contributed by atoms with E-state index in [1.165, 1.54) is 11.4 Å². The summed E-state index contributed by atoms with van der Waals surface area (Å²) in [4.78, 5) is 12.7. The molecular weight excluding hydrogens is 360 g/mol. The Morgan fingerprint density at radius 1 is 1.04 bits per heavy atom. The molecule has 0 aromatic heterocycles. The second-order valence-corrected chi connectivity index (χ2v) is 9.27. The number of sulfonamides is 1. The van der Waals surface area contributed by atoms with Gasteiger partial charge in [0.25, 0.3) is 5.91 Å². The average molecular weight is 389 g/mol. The lowest BCUT2D eigenvalue weighted by Crippen LogP contribution is -2.30. The molecule has 0 fully saturated rings. The fourth-order valence-corrected chi connectivity index (χ4v) is 3.68. The van der Waals surface area contributed by atoms with E-state index in [0.717, 1.165) is 12.0 Å². The van der Waals surface area contributed by atoms with E-state index in [-0.39, 0.29) is 17.7 Å². The second kappa shape index (κ2) is 9.04. The van der Waals surface area contributed by atoms with Gasteiger partial charge in [-0.2, -0.15) is 0 Å². The Hall–Kier alpha value is -2.34. The van der Waals surface area contributed by atoms with Crippen molar-refractivity contribution in [2.75, 3.05) is 17.1 Å². The first-order valence-electron chi connectivity index (χ1n) is 9.17. The molecule has 146 valence electrons. The van der Waals surface area contributed by atoms with Crippen LogP contribution in [0, 0.1) is 5.92 Å². The van der Waals surface area contributed by atoms with Gasteiger partial charge in [-0.05, 0) is 49.1 Å². The summed E-state index contributed by atoms with van der Waals surface area (Å²) >= 11 is 0. The van der Waals surface area contributed by atoms with Crippen LogP contribution in [-0.4, -0.2) is 27.1 Å². The maximum absolute atomic E-state index is 12.7. The first kappa shape index (κ1) is 21.0. The summed E-state index contributed by atoms with van der Waals surface area (Å²) in [6.45, 7) is 5.86. The molecule has 1 N–H and O–H groups in total. The molecule has 0 heterocycles. The minimum absolute atomic E-state index is 0.0275. The number of anilines is 1. The fraction of sp³-hybridized carbons (Fsp3) is 0.381. The Labute approximate surface area is 162 Å². The van der Waals surface area contributed by atoms with E-state index in [9.17, 15) is 13.2 Å². The summed E-state index contributed by atoms with van der Waals surface area (Å²) in [7, 11) is -1.80. The number of benzene rings is 2. The molecule has 0 aliphatic rings. The van der Waals surface area contributed by atoms with Crippen molar-refractivity contribution in [3.63, 3.8) is 0 Å². The molecular formula is C21H28N2O3S. The van der Waals surface area contributed by atoms with Crippen LogP contribution in [0.3, 0.4) is 0 Å². The highest BCUT2D eigenvalue weighted by atomic mass is 32.2. The van der Waals surface area contributed by atoms with Crippen LogP contribution in [0.15, 0.2) is 54.6 Å². The molecule has 0 saturated heterocycles. The van der Waals surface area contributed by atoms with Crippen LogP contribution in [0.25, 0.3) is 0 Å². The van der Waals surface area contributed by atoms with Gasteiger partial charge in [-0.25, -0.2) is 8.42 Å². The molecule has 0 unspecified atom stereocenters. The van der Waals surface area contributed by atoms with Gasteiger partial charge in [0, 0.05) is 12.6 Å². The van der Waals surface area contributed by atoms with E-state index in [1.54, 1.807) is 31.2 Å². The molecule has 0 aliphatic heterocycles. The maximum atomic E-state index is 12.7. The minimum Gasteiger partial charge on any atom is -0.345 e. The third-order valence-corrected chi connectivity index (χ3v) is 6.26. The van der Waals surface area contributed by atoms with Gasteiger partial charge >= 0.3 is 0 Å². The molecule has 0 aliphatic carbocycles. The Balaban J connectivity index is 2.16. The average Bonchev–Trinajstić information content (AvgIpc) is 2.67. The van der Waals surface area contributed by atoms with E-state index < -0.39 is 10.0 Å². The fourth-order valence-electron chi connectivity index (χ4n) is 2.85. The highest BCUT2D eigenvalue weighted by Crippen LogP contribution is 2.22. The van der Waals surface area contributed by atoms with Crippen LogP contribution in [0.2, 0.25) is 0 Å².